The molecule has 0 radical (unpaired) electrons. The highest BCUT2D eigenvalue weighted by Gasteiger charge is 2.04. The third kappa shape index (κ3) is 2.49. The van der Waals surface area contributed by atoms with Crippen LogP contribution in [0.15, 0.2) is 47.2 Å². The minimum absolute atomic E-state index is 0.779. The van der Waals surface area contributed by atoms with Gasteiger partial charge in [-0.1, -0.05) is 22.0 Å². The molecule has 0 saturated carbocycles. The number of halogens is 1. The summed E-state index contributed by atoms with van der Waals surface area (Å²) in [6.45, 7) is 2.86. The van der Waals surface area contributed by atoms with Crippen molar-refractivity contribution < 1.29 is 0 Å². The molecule has 0 saturated heterocycles. The van der Waals surface area contributed by atoms with Crippen LogP contribution in [0.2, 0.25) is 0 Å². The summed E-state index contributed by atoms with van der Waals surface area (Å²) < 4.78 is 1.12. The van der Waals surface area contributed by atoms with Crippen molar-refractivity contribution in [1.82, 2.24) is 9.97 Å². The van der Waals surface area contributed by atoms with Gasteiger partial charge in [-0.2, -0.15) is 0 Å². The fraction of sp³-hybridized carbons (Fsp3) is 0.133. The summed E-state index contributed by atoms with van der Waals surface area (Å²) >= 11 is 3.55. The molecule has 0 aliphatic heterocycles. The van der Waals surface area contributed by atoms with Gasteiger partial charge < -0.3 is 10.3 Å². The number of fused-ring (bicyclic) bond motifs is 1. The van der Waals surface area contributed by atoms with Crippen molar-refractivity contribution in [3.63, 3.8) is 0 Å². The van der Waals surface area contributed by atoms with Crippen LogP contribution >= 0.6 is 15.9 Å². The fourth-order valence-electron chi connectivity index (χ4n) is 2.06. The van der Waals surface area contributed by atoms with E-state index >= 15 is 0 Å². The standard InChI is InChI=1S/C15H14BrN3/c1-10-4-5-12(7-14(10)16)18-8-11-9-19-15-13(11)3-2-6-17-15/h2-7,9,18H,8H2,1H3,(H,17,19). The Balaban J connectivity index is 1.80. The number of rotatable bonds is 3. The quantitative estimate of drug-likeness (QED) is 0.758. The zero-order valence-electron chi connectivity index (χ0n) is 10.6. The summed E-state index contributed by atoms with van der Waals surface area (Å²) in [5.74, 6) is 0. The summed E-state index contributed by atoms with van der Waals surface area (Å²) in [7, 11) is 0. The number of nitrogens with one attached hydrogen (secondary N) is 2. The molecule has 0 aliphatic rings. The number of pyridine rings is 1. The molecule has 0 bridgehead atoms. The Morgan fingerprint density at radius 2 is 2.21 bits per heavy atom. The molecule has 0 unspecified atom stereocenters. The molecule has 96 valence electrons. The Morgan fingerprint density at radius 3 is 3.05 bits per heavy atom. The van der Waals surface area contributed by atoms with E-state index in [1.54, 1.807) is 6.20 Å². The molecular weight excluding hydrogens is 302 g/mol. The van der Waals surface area contributed by atoms with Crippen molar-refractivity contribution in [3.05, 3.63) is 58.3 Å². The first-order valence-corrected chi connectivity index (χ1v) is 6.94. The molecule has 3 aromatic rings. The van der Waals surface area contributed by atoms with Gasteiger partial charge in [0, 0.05) is 34.5 Å². The summed E-state index contributed by atoms with van der Waals surface area (Å²) in [5.41, 5.74) is 4.50. The first-order valence-electron chi connectivity index (χ1n) is 6.15. The maximum absolute atomic E-state index is 4.29. The third-order valence-electron chi connectivity index (χ3n) is 3.19. The highest BCUT2D eigenvalue weighted by Crippen LogP contribution is 2.22. The number of hydrogen-bond donors (Lipinski definition) is 2. The van der Waals surface area contributed by atoms with Crippen molar-refractivity contribution >= 4 is 32.7 Å². The van der Waals surface area contributed by atoms with Crippen LogP contribution < -0.4 is 5.32 Å². The van der Waals surface area contributed by atoms with E-state index in [1.165, 1.54) is 16.5 Å². The molecule has 0 fully saturated rings. The second-order valence-electron chi connectivity index (χ2n) is 4.53. The Kier molecular flexibility index (Phi) is 3.25. The van der Waals surface area contributed by atoms with Crippen molar-refractivity contribution in [2.45, 2.75) is 13.5 Å². The van der Waals surface area contributed by atoms with Crippen molar-refractivity contribution in [2.24, 2.45) is 0 Å². The smallest absolute Gasteiger partial charge is 0.137 e. The topological polar surface area (TPSA) is 40.7 Å². The van der Waals surface area contributed by atoms with Crippen molar-refractivity contribution in [3.8, 4) is 0 Å². The second-order valence-corrected chi connectivity index (χ2v) is 5.39. The monoisotopic (exact) mass is 315 g/mol. The molecule has 2 heterocycles. The van der Waals surface area contributed by atoms with Gasteiger partial charge in [-0.25, -0.2) is 4.98 Å². The van der Waals surface area contributed by atoms with Crippen LogP contribution in [0.25, 0.3) is 11.0 Å². The molecule has 4 heteroatoms. The Labute approximate surface area is 120 Å². The number of nitrogens with zero attached hydrogens (tertiary/aromatic N) is 1. The highest BCUT2D eigenvalue weighted by molar-refractivity contribution is 9.10. The van der Waals surface area contributed by atoms with E-state index in [0.29, 0.717) is 0 Å². The zero-order valence-corrected chi connectivity index (χ0v) is 12.2. The van der Waals surface area contributed by atoms with Gasteiger partial charge in [-0.05, 0) is 42.3 Å². The number of aromatic nitrogens is 2. The molecule has 3 rings (SSSR count). The number of anilines is 1. The van der Waals surface area contributed by atoms with E-state index in [4.69, 9.17) is 0 Å². The minimum atomic E-state index is 0.779. The lowest BCUT2D eigenvalue weighted by molar-refractivity contribution is 1.16. The van der Waals surface area contributed by atoms with Crippen LogP contribution in [0.1, 0.15) is 11.1 Å². The van der Waals surface area contributed by atoms with Crippen molar-refractivity contribution in [2.75, 3.05) is 5.32 Å². The van der Waals surface area contributed by atoms with Crippen LogP contribution in [0.3, 0.4) is 0 Å². The first-order chi connectivity index (χ1) is 9.24. The molecule has 0 amide bonds. The molecule has 0 spiro atoms. The van der Waals surface area contributed by atoms with Gasteiger partial charge in [-0.3, -0.25) is 0 Å². The fourth-order valence-corrected chi connectivity index (χ4v) is 2.44. The zero-order chi connectivity index (χ0) is 13.2. The van der Waals surface area contributed by atoms with Crippen LogP contribution in [-0.2, 0) is 6.54 Å². The predicted octanol–water partition coefficient (Wildman–Crippen LogP) is 4.25. The van der Waals surface area contributed by atoms with Gasteiger partial charge in [-0.15, -0.1) is 0 Å². The van der Waals surface area contributed by atoms with E-state index in [1.807, 2.05) is 12.3 Å². The normalized spacial score (nSPS) is 10.8. The van der Waals surface area contributed by atoms with Gasteiger partial charge in [0.25, 0.3) is 0 Å². The van der Waals surface area contributed by atoms with E-state index in [0.717, 1.165) is 22.4 Å². The molecular formula is C15H14BrN3. The Hall–Kier alpha value is -1.81. The summed E-state index contributed by atoms with van der Waals surface area (Å²) in [6, 6.07) is 10.3. The summed E-state index contributed by atoms with van der Waals surface area (Å²) in [4.78, 5) is 7.48. The predicted molar refractivity (Wildman–Crippen MR) is 82.3 cm³/mol. The van der Waals surface area contributed by atoms with Gasteiger partial charge in [0.15, 0.2) is 0 Å². The van der Waals surface area contributed by atoms with Gasteiger partial charge >= 0.3 is 0 Å². The van der Waals surface area contributed by atoms with Crippen LogP contribution in [0, 0.1) is 6.92 Å². The average molecular weight is 316 g/mol. The maximum Gasteiger partial charge on any atom is 0.137 e. The third-order valence-corrected chi connectivity index (χ3v) is 4.05. The number of aromatic amines is 1. The highest BCUT2D eigenvalue weighted by atomic mass is 79.9. The van der Waals surface area contributed by atoms with E-state index in [2.05, 4.69) is 62.4 Å². The largest absolute Gasteiger partial charge is 0.381 e. The van der Waals surface area contributed by atoms with Crippen LogP contribution in [-0.4, -0.2) is 9.97 Å². The lowest BCUT2D eigenvalue weighted by Gasteiger charge is -2.07. The van der Waals surface area contributed by atoms with Gasteiger partial charge in [0.2, 0.25) is 0 Å². The van der Waals surface area contributed by atoms with Gasteiger partial charge in [0.1, 0.15) is 5.65 Å². The van der Waals surface area contributed by atoms with Crippen molar-refractivity contribution in [1.29, 1.82) is 0 Å². The maximum atomic E-state index is 4.29. The molecule has 2 N–H and O–H groups in total. The van der Waals surface area contributed by atoms with E-state index < -0.39 is 0 Å². The van der Waals surface area contributed by atoms with Gasteiger partial charge in [0.05, 0.1) is 0 Å². The Bertz CT molecular complexity index is 718. The molecule has 2 aromatic heterocycles. The summed E-state index contributed by atoms with van der Waals surface area (Å²) in [5, 5.41) is 4.60. The number of H-pyrrole nitrogens is 1. The van der Waals surface area contributed by atoms with Crippen LogP contribution in [0.5, 0.6) is 0 Å². The SMILES string of the molecule is Cc1ccc(NCc2c[nH]c3ncccc23)cc1Br. The molecule has 19 heavy (non-hydrogen) atoms. The average Bonchev–Trinajstić information content (AvgIpc) is 2.83. The summed E-state index contributed by atoms with van der Waals surface area (Å²) in [6.07, 6.45) is 3.81. The lowest BCUT2D eigenvalue weighted by atomic mass is 10.2. The molecule has 0 atom stereocenters. The number of benzene rings is 1. The first kappa shape index (κ1) is 12.2. The number of hydrogen-bond acceptors (Lipinski definition) is 2. The molecule has 1 aromatic carbocycles. The van der Waals surface area contributed by atoms with Crippen LogP contribution in [0.4, 0.5) is 5.69 Å². The lowest BCUT2D eigenvalue weighted by Crippen LogP contribution is -1.98. The molecule has 3 nitrogen and oxygen atoms in total. The number of aryl methyl sites for hydroxylation is 1. The Morgan fingerprint density at radius 1 is 1.32 bits per heavy atom. The molecule has 0 aliphatic carbocycles. The van der Waals surface area contributed by atoms with E-state index in [9.17, 15) is 0 Å². The second kappa shape index (κ2) is 5.05. The minimum Gasteiger partial charge on any atom is -0.381 e. The van der Waals surface area contributed by atoms with E-state index in [-0.39, 0.29) is 0 Å².